The molecule has 0 atom stereocenters. The second-order valence-corrected chi connectivity index (χ2v) is 2.46. The molecule has 14 heavy (non-hydrogen) atoms. The number of phenolic OH excluding ortho intramolecular Hbond substituents is 1. The summed E-state index contributed by atoms with van der Waals surface area (Å²) in [6.07, 6.45) is 0. The van der Waals surface area contributed by atoms with Crippen LogP contribution in [0.2, 0.25) is 0 Å². The van der Waals surface area contributed by atoms with Crippen LogP contribution in [0.3, 0.4) is 0 Å². The fraction of sp³-hybridized carbons (Fsp3) is 0.111. The van der Waals surface area contributed by atoms with Gasteiger partial charge in [0.2, 0.25) is 0 Å². The number of hydrogen-bond donors (Lipinski definition) is 2. The second kappa shape index (κ2) is 4.65. The van der Waals surface area contributed by atoms with E-state index in [-0.39, 0.29) is 12.3 Å². The summed E-state index contributed by atoms with van der Waals surface area (Å²) in [7, 11) is 0. The van der Waals surface area contributed by atoms with E-state index >= 15 is 0 Å². The lowest BCUT2D eigenvalue weighted by Gasteiger charge is -1.97. The summed E-state index contributed by atoms with van der Waals surface area (Å²) in [5.41, 5.74) is 14.3. The van der Waals surface area contributed by atoms with Gasteiger partial charge in [0.15, 0.2) is 0 Å². The highest BCUT2D eigenvalue weighted by Gasteiger charge is 1.95. The minimum Gasteiger partial charge on any atom is -0.506 e. The molecule has 0 aliphatic heterocycles. The predicted molar refractivity (Wildman–Crippen MR) is 53.4 cm³/mol. The zero-order valence-electron chi connectivity index (χ0n) is 7.31. The normalized spacial score (nSPS) is 8.29. The highest BCUT2D eigenvalue weighted by atomic mass is 16.3. The molecule has 1 rings (SSSR count). The van der Waals surface area contributed by atoms with Gasteiger partial charge in [0.25, 0.3) is 0 Å². The summed E-state index contributed by atoms with van der Waals surface area (Å²) in [4.78, 5) is 2.55. The van der Waals surface area contributed by atoms with Gasteiger partial charge >= 0.3 is 0 Å². The average Bonchev–Trinajstić information content (AvgIpc) is 2.18. The fourth-order valence-electron chi connectivity index (χ4n) is 0.830. The van der Waals surface area contributed by atoms with Crippen LogP contribution in [0.5, 0.6) is 5.75 Å². The van der Waals surface area contributed by atoms with Gasteiger partial charge in [-0.2, -0.15) is 0 Å². The molecule has 0 saturated heterocycles. The van der Waals surface area contributed by atoms with Crippen molar-refractivity contribution in [3.8, 4) is 17.6 Å². The third-order valence-electron chi connectivity index (χ3n) is 1.48. The van der Waals surface area contributed by atoms with Crippen molar-refractivity contribution in [3.63, 3.8) is 0 Å². The Morgan fingerprint density at radius 2 is 2.36 bits per heavy atom. The Bertz CT molecular complexity index is 438. The molecule has 0 aliphatic carbocycles. The molecule has 0 aliphatic rings. The lowest BCUT2D eigenvalue weighted by atomic mass is 10.2. The molecule has 0 unspecified atom stereocenters. The van der Waals surface area contributed by atoms with E-state index < -0.39 is 0 Å². The molecular formula is C9H8N4O. The van der Waals surface area contributed by atoms with Gasteiger partial charge in [-0.3, -0.25) is 0 Å². The van der Waals surface area contributed by atoms with Gasteiger partial charge in [0.1, 0.15) is 5.75 Å². The Morgan fingerprint density at radius 1 is 1.57 bits per heavy atom. The number of anilines is 1. The molecule has 0 radical (unpaired) electrons. The topological polar surface area (TPSA) is 95.0 Å². The van der Waals surface area contributed by atoms with Gasteiger partial charge in [-0.05, 0) is 23.7 Å². The Balaban J connectivity index is 2.80. The van der Waals surface area contributed by atoms with Crippen molar-refractivity contribution in [1.82, 2.24) is 0 Å². The lowest BCUT2D eigenvalue weighted by Crippen LogP contribution is -1.85. The van der Waals surface area contributed by atoms with Crippen LogP contribution in [-0.2, 0) is 0 Å². The van der Waals surface area contributed by atoms with Crippen molar-refractivity contribution in [3.05, 3.63) is 34.2 Å². The number of benzene rings is 1. The molecule has 1 aromatic carbocycles. The molecule has 5 nitrogen and oxygen atoms in total. The van der Waals surface area contributed by atoms with Crippen LogP contribution >= 0.6 is 0 Å². The maximum Gasteiger partial charge on any atom is 0.139 e. The van der Waals surface area contributed by atoms with Crippen LogP contribution < -0.4 is 5.73 Å². The van der Waals surface area contributed by atoms with Crippen LogP contribution in [0.4, 0.5) is 5.69 Å². The summed E-state index contributed by atoms with van der Waals surface area (Å²) in [5.74, 6) is 5.34. The largest absolute Gasteiger partial charge is 0.506 e. The zero-order chi connectivity index (χ0) is 10.4. The Kier molecular flexibility index (Phi) is 3.25. The van der Waals surface area contributed by atoms with E-state index in [9.17, 15) is 5.11 Å². The highest BCUT2D eigenvalue weighted by Crippen LogP contribution is 2.19. The van der Waals surface area contributed by atoms with E-state index in [2.05, 4.69) is 21.9 Å². The average molecular weight is 188 g/mol. The molecule has 1 aromatic rings. The van der Waals surface area contributed by atoms with Crippen LogP contribution in [0.1, 0.15) is 5.56 Å². The van der Waals surface area contributed by atoms with Gasteiger partial charge in [-0.25, -0.2) is 0 Å². The van der Waals surface area contributed by atoms with E-state index in [1.807, 2.05) is 0 Å². The molecule has 0 saturated carbocycles. The predicted octanol–water partition coefficient (Wildman–Crippen LogP) is 1.64. The zero-order valence-corrected chi connectivity index (χ0v) is 7.31. The van der Waals surface area contributed by atoms with Gasteiger partial charge in [-0.15, -0.1) is 0 Å². The van der Waals surface area contributed by atoms with E-state index in [1.165, 1.54) is 6.07 Å². The van der Waals surface area contributed by atoms with Gasteiger partial charge in [0.05, 0.1) is 12.2 Å². The van der Waals surface area contributed by atoms with Crippen LogP contribution in [0.25, 0.3) is 10.4 Å². The molecule has 0 heterocycles. The molecule has 0 aromatic heterocycles. The number of nitrogens with two attached hydrogens (primary N) is 1. The smallest absolute Gasteiger partial charge is 0.139 e. The monoisotopic (exact) mass is 188 g/mol. The van der Waals surface area contributed by atoms with E-state index in [0.29, 0.717) is 11.3 Å². The molecule has 0 amide bonds. The van der Waals surface area contributed by atoms with Crippen LogP contribution in [0, 0.1) is 11.8 Å². The molecule has 70 valence electrons. The summed E-state index contributed by atoms with van der Waals surface area (Å²) < 4.78 is 0. The van der Waals surface area contributed by atoms with Crippen molar-refractivity contribution in [2.45, 2.75) is 0 Å². The van der Waals surface area contributed by atoms with Gasteiger partial charge in [-0.1, -0.05) is 17.0 Å². The molecule has 5 heteroatoms. The maximum absolute atomic E-state index is 9.23. The first kappa shape index (κ1) is 9.78. The quantitative estimate of drug-likeness (QED) is 0.175. The van der Waals surface area contributed by atoms with Gasteiger partial charge < -0.3 is 10.8 Å². The van der Waals surface area contributed by atoms with E-state index in [4.69, 9.17) is 11.3 Å². The third kappa shape index (κ3) is 2.63. The SMILES string of the molecule is [N-]=[N+]=NCC#Cc1ccc(N)c(O)c1. The molecule has 3 N–H and O–H groups in total. The third-order valence-corrected chi connectivity index (χ3v) is 1.48. The lowest BCUT2D eigenvalue weighted by molar-refractivity contribution is 0.478. The van der Waals surface area contributed by atoms with Crippen LogP contribution in [-0.4, -0.2) is 11.7 Å². The molecule has 0 fully saturated rings. The molecule has 0 bridgehead atoms. The van der Waals surface area contributed by atoms with Crippen molar-refractivity contribution in [1.29, 1.82) is 0 Å². The minimum absolute atomic E-state index is 0.000541. The maximum atomic E-state index is 9.23. The number of rotatable bonds is 1. The minimum atomic E-state index is 0.000541. The van der Waals surface area contributed by atoms with Crippen molar-refractivity contribution >= 4 is 5.69 Å². The summed E-state index contributed by atoms with van der Waals surface area (Å²) >= 11 is 0. The summed E-state index contributed by atoms with van der Waals surface area (Å²) in [5, 5.41) is 12.5. The van der Waals surface area contributed by atoms with E-state index in [0.717, 1.165) is 0 Å². The number of hydrogen-bond acceptors (Lipinski definition) is 3. The highest BCUT2D eigenvalue weighted by molar-refractivity contribution is 5.55. The van der Waals surface area contributed by atoms with E-state index in [1.54, 1.807) is 12.1 Å². The van der Waals surface area contributed by atoms with Crippen molar-refractivity contribution < 1.29 is 5.11 Å². The first-order chi connectivity index (χ1) is 6.74. The summed E-state index contributed by atoms with van der Waals surface area (Å²) in [6.45, 7) is 0.113. The Labute approximate surface area is 80.8 Å². The fourth-order valence-corrected chi connectivity index (χ4v) is 0.830. The Hall–Kier alpha value is -2.31. The number of nitrogens with zero attached hydrogens (tertiary/aromatic N) is 3. The number of aromatic hydroxyl groups is 1. The van der Waals surface area contributed by atoms with Crippen molar-refractivity contribution in [2.75, 3.05) is 12.3 Å². The second-order valence-electron chi connectivity index (χ2n) is 2.46. The number of phenols is 1. The Morgan fingerprint density at radius 3 is 3.00 bits per heavy atom. The first-order valence-corrected chi connectivity index (χ1v) is 3.82. The standard InChI is InChI=1S/C9H8N4O/c10-8-4-3-7(6-9(8)14)2-1-5-12-13-11/h3-4,6,14H,5,10H2. The van der Waals surface area contributed by atoms with Crippen molar-refractivity contribution in [2.24, 2.45) is 5.11 Å². The molecule has 0 spiro atoms. The van der Waals surface area contributed by atoms with Crippen LogP contribution in [0.15, 0.2) is 23.3 Å². The first-order valence-electron chi connectivity index (χ1n) is 3.82. The number of nitrogen functional groups attached to an aromatic ring is 1. The summed E-state index contributed by atoms with van der Waals surface area (Å²) in [6, 6.07) is 4.70. The van der Waals surface area contributed by atoms with Gasteiger partial charge in [0, 0.05) is 10.5 Å². The molecular weight excluding hydrogens is 180 g/mol. The number of azide groups is 1.